The lowest BCUT2D eigenvalue weighted by atomic mass is 9.60. The average Bonchev–Trinajstić information content (AvgIpc) is 3.17. The maximum atomic E-state index is 10.8. The first-order valence-corrected chi connectivity index (χ1v) is 14.4. The summed E-state index contributed by atoms with van der Waals surface area (Å²) in [4.78, 5) is 0. The minimum absolute atomic E-state index is 0.130. The van der Waals surface area contributed by atoms with Gasteiger partial charge in [0, 0.05) is 19.6 Å². The first-order chi connectivity index (χ1) is 16.7. The SMILES string of the molecule is C=C1/C(=C/C=C2\CCC[C@]3(C)[C@@H]([C@H](C)CCCC(C)C)CC[C@@H]23)C[C@@H](O)[C@@H](OCCCCO)[C@@H]1O. The smallest absolute Gasteiger partial charge is 0.114 e. The first kappa shape index (κ1) is 28.6. The predicted octanol–water partition coefficient (Wildman–Crippen LogP) is 6.36. The van der Waals surface area contributed by atoms with Crippen LogP contribution in [0.4, 0.5) is 0 Å². The summed E-state index contributed by atoms with van der Waals surface area (Å²) in [6, 6.07) is 0. The van der Waals surface area contributed by atoms with Gasteiger partial charge in [0.05, 0.1) is 6.10 Å². The second-order valence-corrected chi connectivity index (χ2v) is 12.3. The molecule has 0 aromatic rings. The van der Waals surface area contributed by atoms with Crippen molar-refractivity contribution in [2.24, 2.45) is 29.1 Å². The number of aliphatic hydroxyl groups excluding tert-OH is 3. The maximum absolute atomic E-state index is 10.8. The molecule has 0 amide bonds. The first-order valence-electron chi connectivity index (χ1n) is 14.4. The molecule has 0 radical (unpaired) electrons. The fourth-order valence-corrected chi connectivity index (χ4v) is 7.35. The summed E-state index contributed by atoms with van der Waals surface area (Å²) >= 11 is 0. The summed E-state index contributed by atoms with van der Waals surface area (Å²) in [6.45, 7) is 14.4. The molecule has 3 fully saturated rings. The molecule has 0 saturated heterocycles. The van der Waals surface area contributed by atoms with Crippen LogP contribution in [0.5, 0.6) is 0 Å². The summed E-state index contributed by atoms with van der Waals surface area (Å²) in [5.74, 6) is 3.05. The van der Waals surface area contributed by atoms with Crippen molar-refractivity contribution in [3.63, 3.8) is 0 Å². The highest BCUT2D eigenvalue weighted by Gasteiger charge is 2.50. The van der Waals surface area contributed by atoms with Crippen LogP contribution in [0, 0.1) is 29.1 Å². The molecule has 3 saturated carbocycles. The number of rotatable bonds is 11. The van der Waals surface area contributed by atoms with Crippen LogP contribution in [0.3, 0.4) is 0 Å². The molecule has 0 heterocycles. The minimum atomic E-state index is -0.892. The molecule has 0 aromatic heterocycles. The van der Waals surface area contributed by atoms with Gasteiger partial charge >= 0.3 is 0 Å². The molecule has 3 aliphatic carbocycles. The molecule has 0 bridgehead atoms. The summed E-state index contributed by atoms with van der Waals surface area (Å²) in [6.07, 6.45) is 14.4. The van der Waals surface area contributed by atoms with E-state index in [1.165, 1.54) is 44.9 Å². The Kier molecular flexibility index (Phi) is 10.7. The second-order valence-electron chi connectivity index (χ2n) is 12.3. The van der Waals surface area contributed by atoms with Crippen LogP contribution in [-0.4, -0.2) is 46.8 Å². The molecule has 0 aliphatic heterocycles. The van der Waals surface area contributed by atoms with Crippen LogP contribution in [0.15, 0.2) is 35.5 Å². The molecule has 3 aliphatic rings. The van der Waals surface area contributed by atoms with Crippen LogP contribution in [-0.2, 0) is 4.74 Å². The molecule has 0 aromatic carbocycles. The van der Waals surface area contributed by atoms with Crippen molar-refractivity contribution >= 4 is 0 Å². The quantitative estimate of drug-likeness (QED) is 0.296. The molecule has 0 unspecified atom stereocenters. The summed E-state index contributed by atoms with van der Waals surface area (Å²) in [5, 5.41) is 30.4. The largest absolute Gasteiger partial charge is 0.396 e. The number of aliphatic hydroxyl groups is 3. The third kappa shape index (κ3) is 6.89. The van der Waals surface area contributed by atoms with Gasteiger partial charge in [-0.3, -0.25) is 0 Å². The Morgan fingerprint density at radius 2 is 1.86 bits per heavy atom. The van der Waals surface area contributed by atoms with E-state index in [4.69, 9.17) is 9.84 Å². The van der Waals surface area contributed by atoms with Gasteiger partial charge in [-0.15, -0.1) is 0 Å². The molecule has 35 heavy (non-hydrogen) atoms. The predicted molar refractivity (Wildman–Crippen MR) is 144 cm³/mol. The second kappa shape index (κ2) is 13.0. The van der Waals surface area contributed by atoms with Gasteiger partial charge in [0.25, 0.3) is 0 Å². The molecule has 200 valence electrons. The third-order valence-corrected chi connectivity index (χ3v) is 9.42. The highest BCUT2D eigenvalue weighted by Crippen LogP contribution is 2.60. The average molecular weight is 489 g/mol. The van der Waals surface area contributed by atoms with Crippen molar-refractivity contribution in [1.29, 1.82) is 0 Å². The van der Waals surface area contributed by atoms with E-state index in [9.17, 15) is 10.2 Å². The van der Waals surface area contributed by atoms with E-state index in [1.807, 2.05) is 0 Å². The fraction of sp³-hybridized carbons (Fsp3) is 0.806. The molecule has 7 atom stereocenters. The van der Waals surface area contributed by atoms with Crippen molar-refractivity contribution in [1.82, 2.24) is 0 Å². The normalized spacial score (nSPS) is 36.8. The van der Waals surface area contributed by atoms with Crippen molar-refractivity contribution < 1.29 is 20.1 Å². The lowest BCUT2D eigenvalue weighted by Crippen LogP contribution is -2.45. The molecular formula is C31H52O4. The van der Waals surface area contributed by atoms with Crippen LogP contribution in [0.25, 0.3) is 0 Å². The monoisotopic (exact) mass is 488 g/mol. The van der Waals surface area contributed by atoms with E-state index in [0.29, 0.717) is 42.8 Å². The zero-order valence-corrected chi connectivity index (χ0v) is 22.8. The van der Waals surface area contributed by atoms with Gasteiger partial charge < -0.3 is 20.1 Å². The molecule has 4 heteroatoms. The standard InChI is InChI=1S/C31H52O4/c1-21(2)10-8-11-22(3)26-15-16-27-24(12-9-17-31(26,27)5)13-14-25-20-28(33)30(29(34)23(25)4)35-19-7-6-18-32/h13-14,21-22,26-30,32-34H,4,6-12,15-20H2,1-3,5H3/b24-13+,25-14+/t22-,26-,27+,28-,29-,30-,31-/m1/s1. The van der Waals surface area contributed by atoms with E-state index in [1.54, 1.807) is 5.57 Å². The molecule has 3 N–H and O–H groups in total. The van der Waals surface area contributed by atoms with Gasteiger partial charge in [0.1, 0.15) is 12.2 Å². The molecule has 4 nitrogen and oxygen atoms in total. The van der Waals surface area contributed by atoms with Gasteiger partial charge in [-0.05, 0) is 85.2 Å². The number of allylic oxidation sites excluding steroid dienone is 3. The van der Waals surface area contributed by atoms with Crippen molar-refractivity contribution in [2.45, 2.75) is 117 Å². The highest BCUT2D eigenvalue weighted by atomic mass is 16.5. The Hall–Kier alpha value is -0.940. The summed E-state index contributed by atoms with van der Waals surface area (Å²) < 4.78 is 5.75. The van der Waals surface area contributed by atoms with Crippen molar-refractivity contribution in [2.75, 3.05) is 13.2 Å². The van der Waals surface area contributed by atoms with Gasteiger partial charge in [-0.25, -0.2) is 0 Å². The zero-order chi connectivity index (χ0) is 25.6. The number of hydrogen-bond donors (Lipinski definition) is 3. The Labute approximate surface area is 214 Å². The van der Waals surface area contributed by atoms with Crippen LogP contribution in [0.1, 0.15) is 98.3 Å². The lowest BCUT2D eigenvalue weighted by molar-refractivity contribution is -0.0958. The van der Waals surface area contributed by atoms with Gasteiger partial charge in [-0.1, -0.05) is 71.3 Å². The number of ether oxygens (including phenoxy) is 1. The Morgan fingerprint density at radius 3 is 2.57 bits per heavy atom. The molecule has 3 rings (SSSR count). The minimum Gasteiger partial charge on any atom is -0.396 e. The number of unbranched alkanes of at least 4 members (excludes halogenated alkanes) is 1. The van der Waals surface area contributed by atoms with E-state index >= 15 is 0 Å². The van der Waals surface area contributed by atoms with Gasteiger partial charge in [0.2, 0.25) is 0 Å². The summed E-state index contributed by atoms with van der Waals surface area (Å²) in [5.41, 5.74) is 3.57. The van der Waals surface area contributed by atoms with Crippen molar-refractivity contribution in [3.8, 4) is 0 Å². The summed E-state index contributed by atoms with van der Waals surface area (Å²) in [7, 11) is 0. The van der Waals surface area contributed by atoms with E-state index in [-0.39, 0.29) is 6.61 Å². The third-order valence-electron chi connectivity index (χ3n) is 9.42. The van der Waals surface area contributed by atoms with E-state index < -0.39 is 18.3 Å². The van der Waals surface area contributed by atoms with Crippen molar-refractivity contribution in [3.05, 3.63) is 35.5 Å². The maximum Gasteiger partial charge on any atom is 0.114 e. The van der Waals surface area contributed by atoms with E-state index in [2.05, 4.69) is 46.4 Å². The van der Waals surface area contributed by atoms with Gasteiger partial charge in [0.15, 0.2) is 0 Å². The number of hydrogen-bond acceptors (Lipinski definition) is 4. The van der Waals surface area contributed by atoms with E-state index in [0.717, 1.165) is 29.7 Å². The Morgan fingerprint density at radius 1 is 1.09 bits per heavy atom. The topological polar surface area (TPSA) is 69.9 Å². The van der Waals surface area contributed by atoms with Crippen LogP contribution < -0.4 is 0 Å². The molecule has 0 spiro atoms. The van der Waals surface area contributed by atoms with Crippen LogP contribution >= 0.6 is 0 Å². The van der Waals surface area contributed by atoms with Crippen LogP contribution in [0.2, 0.25) is 0 Å². The Balaban J connectivity index is 1.65. The highest BCUT2D eigenvalue weighted by molar-refractivity contribution is 5.40. The fourth-order valence-electron chi connectivity index (χ4n) is 7.35. The van der Waals surface area contributed by atoms with Gasteiger partial charge in [-0.2, -0.15) is 0 Å². The number of fused-ring (bicyclic) bond motifs is 1. The Bertz CT molecular complexity index is 753. The zero-order valence-electron chi connectivity index (χ0n) is 22.8. The lowest BCUT2D eigenvalue weighted by Gasteiger charge is -2.44. The molecular weight excluding hydrogens is 436 g/mol.